The Balaban J connectivity index is 2.19. The first-order valence-corrected chi connectivity index (χ1v) is 5.87. The van der Waals surface area contributed by atoms with E-state index in [4.69, 9.17) is 4.74 Å². The fourth-order valence-corrected chi connectivity index (χ4v) is 2.13. The summed E-state index contributed by atoms with van der Waals surface area (Å²) in [6, 6.07) is 1.84. The predicted molar refractivity (Wildman–Crippen MR) is 61.5 cm³/mol. The monoisotopic (exact) mass is 219 g/mol. The quantitative estimate of drug-likeness (QED) is 0.732. The fraction of sp³-hybridized carbons (Fsp3) is 0.538. The van der Waals surface area contributed by atoms with Gasteiger partial charge in [-0.15, -0.1) is 0 Å². The second-order valence-corrected chi connectivity index (χ2v) is 4.14. The van der Waals surface area contributed by atoms with Gasteiger partial charge in [-0.25, -0.2) is 0 Å². The number of hydrogen-bond donors (Lipinski definition) is 0. The van der Waals surface area contributed by atoms with Crippen molar-refractivity contribution in [3.05, 3.63) is 29.6 Å². The van der Waals surface area contributed by atoms with Gasteiger partial charge in [-0.3, -0.25) is 9.78 Å². The molecule has 1 saturated heterocycles. The fourth-order valence-electron chi connectivity index (χ4n) is 2.13. The highest BCUT2D eigenvalue weighted by molar-refractivity contribution is 5.99. The highest BCUT2D eigenvalue weighted by Crippen LogP contribution is 2.21. The number of Topliss-reactive ketones (excluding diaryl/α,β-unsaturated/α-hetero) is 1. The third-order valence-corrected chi connectivity index (χ3v) is 3.14. The Morgan fingerprint density at radius 3 is 2.94 bits per heavy atom. The van der Waals surface area contributed by atoms with Gasteiger partial charge in [0.25, 0.3) is 0 Å². The molecule has 86 valence electrons. The van der Waals surface area contributed by atoms with Crippen molar-refractivity contribution in [1.82, 2.24) is 4.98 Å². The van der Waals surface area contributed by atoms with Gasteiger partial charge in [0.15, 0.2) is 5.78 Å². The van der Waals surface area contributed by atoms with Crippen LogP contribution in [-0.2, 0) is 11.2 Å². The van der Waals surface area contributed by atoms with E-state index in [0.29, 0.717) is 13.2 Å². The molecule has 0 N–H and O–H groups in total. The molecule has 0 atom stereocenters. The van der Waals surface area contributed by atoms with Crippen LogP contribution >= 0.6 is 0 Å². The molecule has 3 nitrogen and oxygen atoms in total. The molecule has 0 spiro atoms. The summed E-state index contributed by atoms with van der Waals surface area (Å²) < 4.78 is 5.28. The smallest absolute Gasteiger partial charge is 0.166 e. The van der Waals surface area contributed by atoms with Crippen molar-refractivity contribution in [1.29, 1.82) is 0 Å². The molecule has 3 heteroatoms. The lowest BCUT2D eigenvalue weighted by molar-refractivity contribution is 0.0544. The van der Waals surface area contributed by atoms with Crippen molar-refractivity contribution in [2.75, 3.05) is 13.2 Å². The Bertz CT molecular complexity index is 370. The zero-order valence-corrected chi connectivity index (χ0v) is 9.61. The Kier molecular flexibility index (Phi) is 3.67. The van der Waals surface area contributed by atoms with Crippen LogP contribution in [0.15, 0.2) is 18.5 Å². The molecule has 0 aliphatic carbocycles. The molecule has 0 saturated carbocycles. The average molecular weight is 219 g/mol. The molecule has 1 aliphatic rings. The van der Waals surface area contributed by atoms with Gasteiger partial charge in [-0.05, 0) is 30.9 Å². The van der Waals surface area contributed by atoms with Crippen molar-refractivity contribution in [3.8, 4) is 0 Å². The summed E-state index contributed by atoms with van der Waals surface area (Å²) in [5.41, 5.74) is 1.91. The average Bonchev–Trinajstić information content (AvgIpc) is 2.39. The summed E-state index contributed by atoms with van der Waals surface area (Å²) in [6.45, 7) is 3.48. The van der Waals surface area contributed by atoms with Gasteiger partial charge in [-0.2, -0.15) is 0 Å². The van der Waals surface area contributed by atoms with Crippen LogP contribution in [0.2, 0.25) is 0 Å². The SMILES string of the molecule is CCc1cnccc1C(=O)C1CCOCC1. The van der Waals surface area contributed by atoms with Crippen molar-refractivity contribution in [2.45, 2.75) is 26.2 Å². The van der Waals surface area contributed by atoms with E-state index in [9.17, 15) is 4.79 Å². The van der Waals surface area contributed by atoms with Crippen LogP contribution in [0, 0.1) is 5.92 Å². The van der Waals surface area contributed by atoms with E-state index in [2.05, 4.69) is 11.9 Å². The molecule has 2 rings (SSSR count). The molecule has 2 heterocycles. The van der Waals surface area contributed by atoms with Crippen molar-refractivity contribution in [3.63, 3.8) is 0 Å². The summed E-state index contributed by atoms with van der Waals surface area (Å²) >= 11 is 0. The zero-order valence-electron chi connectivity index (χ0n) is 9.61. The second kappa shape index (κ2) is 5.21. The third kappa shape index (κ3) is 2.30. The van der Waals surface area contributed by atoms with Crippen LogP contribution in [-0.4, -0.2) is 24.0 Å². The highest BCUT2D eigenvalue weighted by atomic mass is 16.5. The van der Waals surface area contributed by atoms with Gasteiger partial charge in [0.05, 0.1) is 0 Å². The minimum atomic E-state index is 0.140. The number of pyridine rings is 1. The number of carbonyl (C=O) groups excluding carboxylic acids is 1. The lowest BCUT2D eigenvalue weighted by Crippen LogP contribution is -2.24. The molecule has 0 radical (unpaired) electrons. The van der Waals surface area contributed by atoms with Crippen molar-refractivity contribution in [2.24, 2.45) is 5.92 Å². The number of rotatable bonds is 3. The lowest BCUT2D eigenvalue weighted by atomic mass is 9.89. The second-order valence-electron chi connectivity index (χ2n) is 4.14. The van der Waals surface area contributed by atoms with E-state index in [0.717, 1.165) is 30.4 Å². The van der Waals surface area contributed by atoms with Gasteiger partial charge in [-0.1, -0.05) is 6.92 Å². The summed E-state index contributed by atoms with van der Waals surface area (Å²) in [6.07, 6.45) is 6.06. The summed E-state index contributed by atoms with van der Waals surface area (Å²) in [5, 5.41) is 0. The number of ether oxygens (including phenoxy) is 1. The van der Waals surface area contributed by atoms with Gasteiger partial charge in [0, 0.05) is 37.1 Å². The molecule has 1 aliphatic heterocycles. The van der Waals surface area contributed by atoms with Crippen LogP contribution in [0.25, 0.3) is 0 Å². The van der Waals surface area contributed by atoms with Crippen molar-refractivity contribution < 1.29 is 9.53 Å². The summed E-state index contributed by atoms with van der Waals surface area (Å²) in [7, 11) is 0. The van der Waals surface area contributed by atoms with E-state index in [1.54, 1.807) is 12.4 Å². The van der Waals surface area contributed by atoms with E-state index in [1.165, 1.54) is 0 Å². The van der Waals surface area contributed by atoms with Crippen LogP contribution in [0.4, 0.5) is 0 Å². The molecule has 0 unspecified atom stereocenters. The Morgan fingerprint density at radius 1 is 1.50 bits per heavy atom. The Hall–Kier alpha value is -1.22. The minimum Gasteiger partial charge on any atom is -0.381 e. The number of ketones is 1. The molecule has 1 aromatic rings. The maximum atomic E-state index is 12.3. The van der Waals surface area contributed by atoms with Gasteiger partial charge >= 0.3 is 0 Å². The largest absolute Gasteiger partial charge is 0.381 e. The molecule has 0 aromatic carbocycles. The topological polar surface area (TPSA) is 39.2 Å². The van der Waals surface area contributed by atoms with E-state index < -0.39 is 0 Å². The van der Waals surface area contributed by atoms with Gasteiger partial charge in [0.1, 0.15) is 0 Å². The minimum absolute atomic E-state index is 0.140. The molecular formula is C13H17NO2. The van der Waals surface area contributed by atoms with E-state index in [1.807, 2.05) is 6.07 Å². The Labute approximate surface area is 95.8 Å². The molecule has 0 amide bonds. The maximum Gasteiger partial charge on any atom is 0.166 e. The number of nitrogens with zero attached hydrogens (tertiary/aromatic N) is 1. The number of aryl methyl sites for hydroxylation is 1. The van der Waals surface area contributed by atoms with Gasteiger partial charge in [0.2, 0.25) is 0 Å². The molecule has 1 fully saturated rings. The van der Waals surface area contributed by atoms with Crippen LogP contribution in [0.1, 0.15) is 35.7 Å². The summed E-state index contributed by atoms with van der Waals surface area (Å²) in [4.78, 5) is 16.4. The standard InChI is InChI=1S/C13H17NO2/c1-2-10-9-14-6-3-12(10)13(15)11-4-7-16-8-5-11/h3,6,9,11H,2,4-5,7-8H2,1H3. The third-order valence-electron chi connectivity index (χ3n) is 3.14. The number of hydrogen-bond acceptors (Lipinski definition) is 3. The molecule has 16 heavy (non-hydrogen) atoms. The van der Waals surface area contributed by atoms with E-state index >= 15 is 0 Å². The normalized spacial score (nSPS) is 17.3. The number of aromatic nitrogens is 1. The van der Waals surface area contributed by atoms with Crippen LogP contribution in [0.5, 0.6) is 0 Å². The molecular weight excluding hydrogens is 202 g/mol. The molecule has 1 aromatic heterocycles. The van der Waals surface area contributed by atoms with Crippen LogP contribution in [0.3, 0.4) is 0 Å². The summed E-state index contributed by atoms with van der Waals surface area (Å²) in [5.74, 6) is 0.406. The Morgan fingerprint density at radius 2 is 2.25 bits per heavy atom. The predicted octanol–water partition coefficient (Wildman–Crippen LogP) is 2.25. The van der Waals surface area contributed by atoms with Crippen LogP contribution < -0.4 is 0 Å². The maximum absolute atomic E-state index is 12.3. The van der Waals surface area contributed by atoms with Gasteiger partial charge < -0.3 is 4.74 Å². The first kappa shape index (κ1) is 11.3. The van der Waals surface area contributed by atoms with E-state index in [-0.39, 0.29) is 11.7 Å². The first-order chi connectivity index (χ1) is 7.83. The van der Waals surface area contributed by atoms with Crippen molar-refractivity contribution >= 4 is 5.78 Å². The lowest BCUT2D eigenvalue weighted by Gasteiger charge is -2.21. The highest BCUT2D eigenvalue weighted by Gasteiger charge is 2.24. The number of carbonyl (C=O) groups is 1. The first-order valence-electron chi connectivity index (χ1n) is 5.87. The zero-order chi connectivity index (χ0) is 11.4. The molecule has 0 bridgehead atoms.